The van der Waals surface area contributed by atoms with Gasteiger partial charge in [-0.25, -0.2) is 10.4 Å². The van der Waals surface area contributed by atoms with Gasteiger partial charge in [-0.3, -0.25) is 9.36 Å². The summed E-state index contributed by atoms with van der Waals surface area (Å²) >= 11 is 0. The van der Waals surface area contributed by atoms with Gasteiger partial charge in [-0.1, -0.05) is 12.1 Å². The van der Waals surface area contributed by atoms with Crippen molar-refractivity contribution in [2.45, 2.75) is 33.9 Å². The molecule has 3 aromatic rings. The van der Waals surface area contributed by atoms with E-state index < -0.39 is 6.61 Å². The van der Waals surface area contributed by atoms with Gasteiger partial charge in [-0.05, 0) is 61.7 Å². The number of hydrogen-bond donors (Lipinski definition) is 1. The third kappa shape index (κ3) is 4.00. The summed E-state index contributed by atoms with van der Waals surface area (Å²) in [5.41, 5.74) is 5.10. The molecule has 3 rings (SSSR count). The normalized spacial score (nSPS) is 11.5. The van der Waals surface area contributed by atoms with Crippen LogP contribution in [0.5, 0.6) is 5.75 Å². The molecule has 0 unspecified atom stereocenters. The Kier molecular flexibility index (Phi) is 5.67. The van der Waals surface area contributed by atoms with Crippen molar-refractivity contribution in [1.82, 2.24) is 9.55 Å². The first kappa shape index (κ1) is 19.5. The number of nitrogens with zero attached hydrogens (tertiary/aromatic N) is 3. The van der Waals surface area contributed by atoms with Gasteiger partial charge in [0.25, 0.3) is 5.56 Å². The van der Waals surface area contributed by atoms with E-state index >= 15 is 0 Å². The number of aryl methyl sites for hydroxylation is 2. The molecule has 0 fully saturated rings. The highest BCUT2D eigenvalue weighted by Crippen LogP contribution is 2.26. The summed E-state index contributed by atoms with van der Waals surface area (Å²) in [7, 11) is 0. The second kappa shape index (κ2) is 8.16. The fourth-order valence-electron chi connectivity index (χ4n) is 3.04. The average Bonchev–Trinajstić information content (AvgIpc) is 2.65. The maximum atomic E-state index is 12.6. The molecular weight excluding hydrogens is 366 g/mol. The van der Waals surface area contributed by atoms with Crippen molar-refractivity contribution in [3.8, 4) is 5.75 Å². The summed E-state index contributed by atoms with van der Waals surface area (Å²) in [4.78, 5) is 17.0. The summed E-state index contributed by atoms with van der Waals surface area (Å²) in [5, 5.41) is 4.70. The lowest BCUT2D eigenvalue weighted by molar-refractivity contribution is -0.0507. The Morgan fingerprint density at radius 2 is 1.93 bits per heavy atom. The van der Waals surface area contributed by atoms with E-state index in [-0.39, 0.29) is 11.3 Å². The quantitative estimate of drug-likeness (QED) is 0.512. The molecule has 0 aliphatic heterocycles. The maximum Gasteiger partial charge on any atom is 0.387 e. The number of alkyl halides is 2. The number of nitrogens with one attached hydrogen (secondary N) is 1. The number of hydrazone groups is 1. The number of benzene rings is 2. The lowest BCUT2D eigenvalue weighted by Crippen LogP contribution is -2.23. The highest BCUT2D eigenvalue weighted by atomic mass is 19.3. The van der Waals surface area contributed by atoms with Crippen molar-refractivity contribution in [2.75, 3.05) is 5.43 Å². The second-order valence-electron chi connectivity index (χ2n) is 6.23. The molecule has 1 N–H and O–H groups in total. The third-order valence-electron chi connectivity index (χ3n) is 4.25. The Morgan fingerprint density at radius 1 is 1.25 bits per heavy atom. The number of fused-ring (bicyclic) bond motifs is 1. The van der Waals surface area contributed by atoms with E-state index in [4.69, 9.17) is 0 Å². The van der Waals surface area contributed by atoms with E-state index in [2.05, 4.69) is 20.2 Å². The van der Waals surface area contributed by atoms with Gasteiger partial charge in [0, 0.05) is 6.54 Å². The highest BCUT2D eigenvalue weighted by molar-refractivity contribution is 5.82. The Bertz CT molecular complexity index is 1070. The molecule has 1 heterocycles. The Hall–Kier alpha value is -3.29. The Labute approximate surface area is 160 Å². The molecule has 0 saturated heterocycles. The highest BCUT2D eigenvalue weighted by Gasteiger charge is 2.11. The minimum Gasteiger partial charge on any atom is -0.434 e. The van der Waals surface area contributed by atoms with E-state index in [1.807, 2.05) is 13.0 Å². The SMILES string of the molecule is CCn1c(N/N=C\c2cc(C)c(OC(F)F)c(C)c2)nc2ccccc2c1=O. The molecule has 0 bridgehead atoms. The lowest BCUT2D eigenvalue weighted by Gasteiger charge is -2.12. The average molecular weight is 386 g/mol. The monoisotopic (exact) mass is 386 g/mol. The van der Waals surface area contributed by atoms with Crippen LogP contribution in [0.3, 0.4) is 0 Å². The molecule has 28 heavy (non-hydrogen) atoms. The van der Waals surface area contributed by atoms with Crippen LogP contribution in [-0.2, 0) is 6.54 Å². The zero-order valence-corrected chi connectivity index (χ0v) is 15.7. The fraction of sp³-hybridized carbons (Fsp3) is 0.250. The first-order chi connectivity index (χ1) is 13.4. The van der Waals surface area contributed by atoms with Gasteiger partial charge < -0.3 is 4.74 Å². The number of hydrogen-bond acceptors (Lipinski definition) is 5. The smallest absolute Gasteiger partial charge is 0.387 e. The van der Waals surface area contributed by atoms with Crippen molar-refractivity contribution in [1.29, 1.82) is 0 Å². The molecule has 0 aliphatic carbocycles. The maximum absolute atomic E-state index is 12.6. The summed E-state index contributed by atoms with van der Waals surface area (Å²) in [6.07, 6.45) is 1.54. The molecule has 0 amide bonds. The van der Waals surface area contributed by atoms with Crippen LogP contribution in [0.4, 0.5) is 14.7 Å². The predicted octanol–water partition coefficient (Wildman–Crippen LogP) is 4.08. The predicted molar refractivity (Wildman–Crippen MR) is 105 cm³/mol. The number of ether oxygens (including phenoxy) is 1. The molecule has 0 radical (unpaired) electrons. The van der Waals surface area contributed by atoms with E-state index in [0.717, 1.165) is 0 Å². The first-order valence-electron chi connectivity index (χ1n) is 8.75. The molecule has 2 aromatic carbocycles. The summed E-state index contributed by atoms with van der Waals surface area (Å²) in [5.74, 6) is 0.490. The third-order valence-corrected chi connectivity index (χ3v) is 4.25. The van der Waals surface area contributed by atoms with Gasteiger partial charge in [0.1, 0.15) is 5.75 Å². The second-order valence-corrected chi connectivity index (χ2v) is 6.23. The van der Waals surface area contributed by atoms with Crippen LogP contribution < -0.4 is 15.7 Å². The number of halogens is 2. The van der Waals surface area contributed by atoms with Crippen LogP contribution in [0.15, 0.2) is 46.3 Å². The van der Waals surface area contributed by atoms with Crippen molar-refractivity contribution in [2.24, 2.45) is 5.10 Å². The van der Waals surface area contributed by atoms with Gasteiger partial charge in [0.15, 0.2) is 0 Å². The molecule has 0 aliphatic rings. The van der Waals surface area contributed by atoms with Gasteiger partial charge in [0.05, 0.1) is 17.1 Å². The summed E-state index contributed by atoms with van der Waals surface area (Å²) < 4.78 is 31.0. The zero-order chi connectivity index (χ0) is 20.3. The molecular formula is C20H20F2N4O2. The van der Waals surface area contributed by atoms with Gasteiger partial charge in [-0.15, -0.1) is 0 Å². The summed E-state index contributed by atoms with van der Waals surface area (Å²) in [6.45, 7) is 2.79. The zero-order valence-electron chi connectivity index (χ0n) is 15.7. The molecule has 6 nitrogen and oxygen atoms in total. The van der Waals surface area contributed by atoms with E-state index in [9.17, 15) is 13.6 Å². The Balaban J connectivity index is 1.88. The van der Waals surface area contributed by atoms with Crippen molar-refractivity contribution >= 4 is 23.1 Å². The number of rotatable bonds is 6. The van der Waals surface area contributed by atoms with Gasteiger partial charge in [-0.2, -0.15) is 13.9 Å². The molecule has 146 valence electrons. The minimum absolute atomic E-state index is 0.147. The number of para-hydroxylation sites is 1. The fourth-order valence-corrected chi connectivity index (χ4v) is 3.04. The van der Waals surface area contributed by atoms with Crippen molar-refractivity contribution in [3.05, 3.63) is 63.4 Å². The number of aromatic nitrogens is 2. The first-order valence-corrected chi connectivity index (χ1v) is 8.75. The largest absolute Gasteiger partial charge is 0.434 e. The van der Waals surface area contributed by atoms with Crippen LogP contribution in [0, 0.1) is 13.8 Å². The topological polar surface area (TPSA) is 68.5 Å². The van der Waals surface area contributed by atoms with Crippen molar-refractivity contribution < 1.29 is 13.5 Å². The molecule has 0 atom stereocenters. The van der Waals surface area contributed by atoms with E-state index in [1.165, 1.54) is 10.8 Å². The van der Waals surface area contributed by atoms with E-state index in [0.29, 0.717) is 40.1 Å². The molecule has 0 spiro atoms. The van der Waals surface area contributed by atoms with Gasteiger partial charge >= 0.3 is 6.61 Å². The standard InChI is InChI=1S/C20H20F2N4O2/c1-4-26-18(27)15-7-5-6-8-16(15)24-20(26)25-23-11-14-9-12(2)17(13(3)10-14)28-19(21)22/h5-11,19H,4H2,1-3H3,(H,24,25)/b23-11-. The van der Waals surface area contributed by atoms with E-state index in [1.54, 1.807) is 44.2 Å². The Morgan fingerprint density at radius 3 is 2.57 bits per heavy atom. The minimum atomic E-state index is -2.87. The molecule has 1 aromatic heterocycles. The molecule has 0 saturated carbocycles. The van der Waals surface area contributed by atoms with Crippen LogP contribution in [0.1, 0.15) is 23.6 Å². The van der Waals surface area contributed by atoms with Crippen LogP contribution >= 0.6 is 0 Å². The van der Waals surface area contributed by atoms with Gasteiger partial charge in [0.2, 0.25) is 5.95 Å². The number of anilines is 1. The van der Waals surface area contributed by atoms with Crippen LogP contribution in [0.2, 0.25) is 0 Å². The van der Waals surface area contributed by atoms with Crippen LogP contribution in [-0.4, -0.2) is 22.4 Å². The van der Waals surface area contributed by atoms with Crippen LogP contribution in [0.25, 0.3) is 10.9 Å². The molecule has 8 heteroatoms. The lowest BCUT2D eigenvalue weighted by atomic mass is 10.1. The van der Waals surface area contributed by atoms with Crippen molar-refractivity contribution in [3.63, 3.8) is 0 Å². The summed E-state index contributed by atoms with van der Waals surface area (Å²) in [6, 6.07) is 10.5.